The molecule has 0 unspecified atom stereocenters. The van der Waals surface area contributed by atoms with Crippen LogP contribution in [0, 0.1) is 20.8 Å². The van der Waals surface area contributed by atoms with E-state index in [-0.39, 0.29) is 17.4 Å². The minimum atomic E-state index is -1.27. The second kappa shape index (κ2) is 11.2. The maximum Gasteiger partial charge on any atom is 0.328 e. The lowest BCUT2D eigenvalue weighted by atomic mass is 10.0. The molecule has 0 aromatic heterocycles. The van der Waals surface area contributed by atoms with E-state index < -0.39 is 30.1 Å². The molecule has 0 fully saturated rings. The molecule has 0 spiro atoms. The quantitative estimate of drug-likeness (QED) is 0.336. The Hall–Kier alpha value is -3.91. The van der Waals surface area contributed by atoms with Crippen LogP contribution in [0.3, 0.4) is 0 Å². The van der Waals surface area contributed by atoms with Gasteiger partial charge in [0.05, 0.1) is 23.5 Å². The van der Waals surface area contributed by atoms with Crippen LogP contribution in [0.15, 0.2) is 48.5 Å². The summed E-state index contributed by atoms with van der Waals surface area (Å²) >= 11 is 0. The molecule has 2 atom stereocenters. The van der Waals surface area contributed by atoms with Crippen molar-refractivity contribution >= 4 is 40.1 Å². The lowest BCUT2D eigenvalue weighted by Crippen LogP contribution is -2.49. The highest BCUT2D eigenvalue weighted by Crippen LogP contribution is 2.26. The highest BCUT2D eigenvalue weighted by atomic mass is 16.5. The molecule has 3 amide bonds. The fourth-order valence-electron chi connectivity index (χ4n) is 4.28. The number of nitrogens with one attached hydrogen (secondary N) is 3. The largest absolute Gasteiger partial charge is 0.480 e. The fraction of sp³-hybridized carbons (Fsp3) is 0.321. The number of carbonyl (C=O) groups excluding carboxylic acids is 2. The van der Waals surface area contributed by atoms with E-state index in [2.05, 4.69) is 16.0 Å². The first kappa shape index (κ1) is 26.7. The Morgan fingerprint density at radius 3 is 2.00 bits per heavy atom. The highest BCUT2D eigenvalue weighted by Gasteiger charge is 2.29. The summed E-state index contributed by atoms with van der Waals surface area (Å²) in [6.07, 6.45) is -0.979. The van der Waals surface area contributed by atoms with Crippen molar-refractivity contribution < 1.29 is 24.2 Å². The number of ether oxygens (including phenoxy) is 1. The van der Waals surface area contributed by atoms with E-state index in [4.69, 9.17) is 4.74 Å². The number of carboxylic acid groups (broad SMARTS) is 1. The van der Waals surface area contributed by atoms with Gasteiger partial charge in [-0.3, -0.25) is 4.79 Å². The molecular weight excluding hydrogens is 458 g/mol. The van der Waals surface area contributed by atoms with E-state index >= 15 is 0 Å². The lowest BCUT2D eigenvalue weighted by molar-refractivity contribution is -0.144. The molecular formula is C28H33N3O5. The Bertz CT molecular complexity index is 1280. The maximum atomic E-state index is 13.3. The molecule has 3 rings (SSSR count). The lowest BCUT2D eigenvalue weighted by Gasteiger charge is -2.24. The normalized spacial score (nSPS) is 12.8. The van der Waals surface area contributed by atoms with Crippen molar-refractivity contribution in [1.29, 1.82) is 0 Å². The summed E-state index contributed by atoms with van der Waals surface area (Å²) in [4.78, 5) is 38.2. The Balaban J connectivity index is 1.93. The number of rotatable bonds is 8. The molecule has 3 aromatic carbocycles. The van der Waals surface area contributed by atoms with Gasteiger partial charge < -0.3 is 25.8 Å². The highest BCUT2D eigenvalue weighted by molar-refractivity contribution is 6.10. The monoisotopic (exact) mass is 491 g/mol. The van der Waals surface area contributed by atoms with E-state index in [0.29, 0.717) is 5.69 Å². The minimum Gasteiger partial charge on any atom is -0.480 e. The number of hydrogen-bond donors (Lipinski definition) is 4. The summed E-state index contributed by atoms with van der Waals surface area (Å²) in [6, 6.07) is 12.9. The summed E-state index contributed by atoms with van der Waals surface area (Å²) in [5, 5.41) is 19.5. The molecule has 4 N–H and O–H groups in total. The summed E-state index contributed by atoms with van der Waals surface area (Å²) in [5.41, 5.74) is 4.02. The molecule has 3 aromatic rings. The van der Waals surface area contributed by atoms with Crippen LogP contribution >= 0.6 is 0 Å². The van der Waals surface area contributed by atoms with Crippen LogP contribution in [0.2, 0.25) is 0 Å². The van der Waals surface area contributed by atoms with Crippen LogP contribution in [0.5, 0.6) is 0 Å². The molecule has 8 nitrogen and oxygen atoms in total. The fourth-order valence-corrected chi connectivity index (χ4v) is 4.28. The number of benzene rings is 3. The molecule has 0 heterocycles. The first-order chi connectivity index (χ1) is 17.0. The van der Waals surface area contributed by atoms with E-state index in [1.54, 1.807) is 32.9 Å². The van der Waals surface area contributed by atoms with Crippen LogP contribution in [0.25, 0.3) is 10.8 Å². The molecule has 36 heavy (non-hydrogen) atoms. The zero-order valence-electron chi connectivity index (χ0n) is 21.4. The maximum absolute atomic E-state index is 13.3. The molecule has 0 saturated heterocycles. The topological polar surface area (TPSA) is 117 Å². The molecule has 0 bridgehead atoms. The predicted molar refractivity (Wildman–Crippen MR) is 142 cm³/mol. The molecule has 0 radical (unpaired) electrons. The van der Waals surface area contributed by atoms with Gasteiger partial charge in [-0.2, -0.15) is 0 Å². The van der Waals surface area contributed by atoms with Crippen LogP contribution < -0.4 is 16.0 Å². The molecule has 0 saturated carbocycles. The van der Waals surface area contributed by atoms with Gasteiger partial charge in [-0.25, -0.2) is 9.59 Å². The predicted octanol–water partition coefficient (Wildman–Crippen LogP) is 5.41. The zero-order chi connectivity index (χ0) is 26.6. The van der Waals surface area contributed by atoms with Crippen molar-refractivity contribution in [2.75, 3.05) is 10.6 Å². The summed E-state index contributed by atoms with van der Waals surface area (Å²) in [7, 11) is 0. The summed E-state index contributed by atoms with van der Waals surface area (Å²) in [5.74, 6) is -1.85. The number of fused-ring (bicyclic) bond motifs is 1. The van der Waals surface area contributed by atoms with Crippen LogP contribution in [0.1, 0.15) is 47.8 Å². The number of urea groups is 1. The van der Waals surface area contributed by atoms with E-state index in [1.807, 2.05) is 57.2 Å². The Morgan fingerprint density at radius 2 is 1.44 bits per heavy atom. The van der Waals surface area contributed by atoms with Crippen molar-refractivity contribution in [3.63, 3.8) is 0 Å². The third-order valence-corrected chi connectivity index (χ3v) is 5.80. The standard InChI is InChI=1S/C28H33N3O5/c1-15(2)36-19(6)25(27(33)34)30-26(32)22-13-20-9-7-8-10-21(20)14-23(22)29-28(35)31-24-17(4)11-16(3)12-18(24)5/h7-15,19,25H,1-6H3,(H,30,32)(H,33,34)(H2,29,31,35)/t19-,25+/m1/s1. The van der Waals surface area contributed by atoms with Crippen molar-refractivity contribution in [2.24, 2.45) is 0 Å². The van der Waals surface area contributed by atoms with Crippen molar-refractivity contribution in [2.45, 2.75) is 59.8 Å². The first-order valence-electron chi connectivity index (χ1n) is 11.8. The van der Waals surface area contributed by atoms with Gasteiger partial charge in [-0.1, -0.05) is 42.0 Å². The average Bonchev–Trinajstić information content (AvgIpc) is 2.78. The number of amides is 3. The first-order valence-corrected chi connectivity index (χ1v) is 11.8. The number of carboxylic acids is 1. The number of aryl methyl sites for hydroxylation is 3. The van der Waals surface area contributed by atoms with Crippen molar-refractivity contribution in [3.05, 3.63) is 70.8 Å². The Morgan fingerprint density at radius 1 is 0.861 bits per heavy atom. The third kappa shape index (κ3) is 6.40. The van der Waals surface area contributed by atoms with Gasteiger partial charge in [0.15, 0.2) is 6.04 Å². The van der Waals surface area contributed by atoms with Gasteiger partial charge >= 0.3 is 12.0 Å². The van der Waals surface area contributed by atoms with E-state index in [1.165, 1.54) is 0 Å². The van der Waals surface area contributed by atoms with Crippen LogP contribution in [-0.2, 0) is 9.53 Å². The van der Waals surface area contributed by atoms with E-state index in [0.717, 1.165) is 27.5 Å². The molecule has 0 aliphatic rings. The van der Waals surface area contributed by atoms with Gasteiger partial charge in [0.1, 0.15) is 0 Å². The van der Waals surface area contributed by atoms with Gasteiger partial charge in [0, 0.05) is 5.69 Å². The summed E-state index contributed by atoms with van der Waals surface area (Å²) in [6.45, 7) is 11.0. The Labute approximate surface area is 211 Å². The second-order valence-electron chi connectivity index (χ2n) is 9.28. The third-order valence-electron chi connectivity index (χ3n) is 5.80. The van der Waals surface area contributed by atoms with Crippen molar-refractivity contribution in [3.8, 4) is 0 Å². The average molecular weight is 492 g/mol. The second-order valence-corrected chi connectivity index (χ2v) is 9.28. The number of hydrogen-bond acceptors (Lipinski definition) is 4. The van der Waals surface area contributed by atoms with Gasteiger partial charge in [0.25, 0.3) is 5.91 Å². The van der Waals surface area contributed by atoms with Gasteiger partial charge in [-0.15, -0.1) is 0 Å². The number of anilines is 2. The summed E-state index contributed by atoms with van der Waals surface area (Å²) < 4.78 is 5.60. The molecule has 190 valence electrons. The zero-order valence-corrected chi connectivity index (χ0v) is 21.4. The van der Waals surface area contributed by atoms with Gasteiger partial charge in [0.2, 0.25) is 0 Å². The molecule has 0 aliphatic heterocycles. The number of aliphatic carboxylic acids is 1. The molecule has 0 aliphatic carbocycles. The molecule has 8 heteroatoms. The Kier molecular flexibility index (Phi) is 8.32. The van der Waals surface area contributed by atoms with Crippen LogP contribution in [-0.4, -0.2) is 41.3 Å². The van der Waals surface area contributed by atoms with E-state index in [9.17, 15) is 19.5 Å². The minimum absolute atomic E-state index is 0.143. The SMILES string of the molecule is Cc1cc(C)c(NC(=O)Nc2cc3ccccc3cc2C(=O)N[C@H](C(=O)O)[C@@H](C)OC(C)C)c(C)c1. The number of carbonyl (C=O) groups is 3. The van der Waals surface area contributed by atoms with Gasteiger partial charge in [-0.05, 0) is 75.6 Å². The van der Waals surface area contributed by atoms with Crippen molar-refractivity contribution in [1.82, 2.24) is 5.32 Å². The van der Waals surface area contributed by atoms with Crippen LogP contribution in [0.4, 0.5) is 16.2 Å². The smallest absolute Gasteiger partial charge is 0.328 e.